The second-order valence-corrected chi connectivity index (χ2v) is 10.6. The van der Waals surface area contributed by atoms with Gasteiger partial charge in [0.1, 0.15) is 0 Å². The Kier molecular flexibility index (Phi) is 7.26. The van der Waals surface area contributed by atoms with Crippen LogP contribution in [0.5, 0.6) is 0 Å². The van der Waals surface area contributed by atoms with E-state index in [9.17, 15) is 27.2 Å². The lowest BCUT2D eigenvalue weighted by Crippen LogP contribution is -2.32. The molecule has 0 aliphatic carbocycles. The van der Waals surface area contributed by atoms with Gasteiger partial charge < -0.3 is 20.1 Å². The van der Waals surface area contributed by atoms with Gasteiger partial charge in [-0.25, -0.2) is 17.6 Å². The molecule has 1 atom stereocenters. The number of aliphatic imine (C=N–C) groups is 1. The third-order valence-corrected chi connectivity index (χ3v) is 7.41. The van der Waals surface area contributed by atoms with Crippen LogP contribution in [0.1, 0.15) is 45.1 Å². The Morgan fingerprint density at radius 1 is 1.10 bits per heavy atom. The molecule has 40 heavy (non-hydrogen) atoms. The van der Waals surface area contributed by atoms with Crippen molar-refractivity contribution in [2.45, 2.75) is 39.3 Å². The largest absolute Gasteiger partial charge is 0.382 e. The van der Waals surface area contributed by atoms with Gasteiger partial charge in [0.05, 0.1) is 22.6 Å². The van der Waals surface area contributed by atoms with E-state index in [1.165, 1.54) is 6.20 Å². The lowest BCUT2D eigenvalue weighted by atomic mass is 9.94. The first-order valence-corrected chi connectivity index (χ1v) is 12.9. The number of halogens is 4. The Balaban J connectivity index is 1.42. The average Bonchev–Trinajstić information content (AvgIpc) is 3.45. The third-order valence-electron chi connectivity index (χ3n) is 7.41. The lowest BCUT2D eigenvalue weighted by Gasteiger charge is -2.19. The third kappa shape index (κ3) is 4.90. The summed E-state index contributed by atoms with van der Waals surface area (Å²) in [4.78, 5) is 37.3. The number of aromatic nitrogens is 1. The highest BCUT2D eigenvalue weighted by atomic mass is 19.2. The minimum Gasteiger partial charge on any atom is -0.382 e. The number of hydrogen-bond acceptors (Lipinski definition) is 5. The van der Waals surface area contributed by atoms with E-state index in [0.29, 0.717) is 42.2 Å². The molecule has 3 heterocycles. The van der Waals surface area contributed by atoms with Crippen molar-refractivity contribution in [3.63, 3.8) is 0 Å². The highest BCUT2D eigenvalue weighted by Crippen LogP contribution is 2.39. The first-order chi connectivity index (χ1) is 19.0. The van der Waals surface area contributed by atoms with Crippen molar-refractivity contribution in [2.75, 3.05) is 32.5 Å². The summed E-state index contributed by atoms with van der Waals surface area (Å²) < 4.78 is 55.9. The normalized spacial score (nSPS) is 15.0. The number of H-pyrrole nitrogens is 1. The molecular formula is C29H29F4N5O2. The number of benzene rings is 2. The zero-order valence-corrected chi connectivity index (χ0v) is 22.6. The van der Waals surface area contributed by atoms with Crippen LogP contribution in [0.4, 0.5) is 28.9 Å². The van der Waals surface area contributed by atoms with Crippen LogP contribution in [0.25, 0.3) is 0 Å². The van der Waals surface area contributed by atoms with Gasteiger partial charge in [-0.2, -0.15) is 0 Å². The van der Waals surface area contributed by atoms with E-state index in [2.05, 4.69) is 10.3 Å². The standard InChI is InChI=1S/C29H29F4N5O2/c1-14(9-18-26(32)19(30)12-20(31)27(18)33)35-21-5-6-34-28(39)25(21)23-11-17-15(2)24-16(10-22(17)36-23)13-38(29(24)40)8-7-37(3)4/h5-6,10,12,14H,7-9,11,13H2,1-4H3,(H2,34,35,39). The molecule has 2 aromatic carbocycles. The van der Waals surface area contributed by atoms with Crippen molar-refractivity contribution in [2.24, 2.45) is 4.99 Å². The zero-order chi connectivity index (χ0) is 28.9. The molecule has 210 valence electrons. The molecule has 2 aliphatic heterocycles. The number of nitrogens with zero attached hydrogens (tertiary/aromatic N) is 3. The molecular weight excluding hydrogens is 526 g/mol. The van der Waals surface area contributed by atoms with Gasteiger partial charge in [0.2, 0.25) is 0 Å². The molecule has 1 aromatic heterocycles. The Morgan fingerprint density at radius 2 is 1.80 bits per heavy atom. The van der Waals surface area contributed by atoms with Crippen molar-refractivity contribution in [3.8, 4) is 0 Å². The Bertz CT molecular complexity index is 1590. The lowest BCUT2D eigenvalue weighted by molar-refractivity contribution is 0.0767. The number of nitrogens with one attached hydrogen (secondary N) is 2. The second kappa shape index (κ2) is 10.5. The highest BCUT2D eigenvalue weighted by molar-refractivity contribution is 6.11. The van der Waals surface area contributed by atoms with E-state index in [0.717, 1.165) is 23.2 Å². The number of fused-ring (bicyclic) bond motifs is 2. The maximum atomic E-state index is 14.2. The molecule has 0 bridgehead atoms. The summed E-state index contributed by atoms with van der Waals surface area (Å²) in [6, 6.07) is 2.96. The van der Waals surface area contributed by atoms with Gasteiger partial charge in [0.15, 0.2) is 23.3 Å². The van der Waals surface area contributed by atoms with E-state index in [4.69, 9.17) is 4.99 Å². The van der Waals surface area contributed by atoms with Gasteiger partial charge in [-0.15, -0.1) is 0 Å². The smallest absolute Gasteiger partial charge is 0.259 e. The van der Waals surface area contributed by atoms with Gasteiger partial charge in [-0.1, -0.05) is 0 Å². The van der Waals surface area contributed by atoms with Crippen molar-refractivity contribution >= 4 is 23.0 Å². The minimum atomic E-state index is -1.47. The van der Waals surface area contributed by atoms with Crippen molar-refractivity contribution in [1.82, 2.24) is 14.8 Å². The maximum Gasteiger partial charge on any atom is 0.259 e. The van der Waals surface area contributed by atoms with Crippen LogP contribution in [0.15, 0.2) is 34.2 Å². The molecule has 3 aromatic rings. The van der Waals surface area contributed by atoms with E-state index in [1.807, 2.05) is 36.9 Å². The first-order valence-electron chi connectivity index (χ1n) is 12.9. The number of amides is 1. The minimum absolute atomic E-state index is 0.0208. The molecule has 1 amide bonds. The van der Waals surface area contributed by atoms with Crippen LogP contribution in [-0.4, -0.2) is 59.6 Å². The molecule has 0 spiro atoms. The van der Waals surface area contributed by atoms with Gasteiger partial charge in [-0.05, 0) is 63.2 Å². The number of rotatable bonds is 8. The monoisotopic (exact) mass is 555 g/mol. The molecule has 0 saturated heterocycles. The van der Waals surface area contributed by atoms with Crippen LogP contribution in [-0.2, 0) is 19.4 Å². The highest BCUT2D eigenvalue weighted by Gasteiger charge is 2.33. The number of likely N-dealkylation sites (N-methyl/N-ethyl adjacent to an activating group) is 1. The van der Waals surface area contributed by atoms with E-state index in [1.54, 1.807) is 13.0 Å². The number of pyridine rings is 1. The van der Waals surface area contributed by atoms with Crippen LogP contribution in [0.3, 0.4) is 0 Å². The summed E-state index contributed by atoms with van der Waals surface area (Å²) in [7, 11) is 3.91. The van der Waals surface area contributed by atoms with Gasteiger partial charge >= 0.3 is 0 Å². The average molecular weight is 556 g/mol. The predicted octanol–water partition coefficient (Wildman–Crippen LogP) is 4.48. The number of aromatic amines is 1. The number of hydrogen-bond donors (Lipinski definition) is 2. The van der Waals surface area contributed by atoms with Gasteiger partial charge in [0, 0.05) is 55.5 Å². The predicted molar refractivity (Wildman–Crippen MR) is 144 cm³/mol. The van der Waals surface area contributed by atoms with Crippen LogP contribution < -0.4 is 10.9 Å². The summed E-state index contributed by atoms with van der Waals surface area (Å²) in [6.07, 6.45) is 1.37. The van der Waals surface area contributed by atoms with E-state index >= 15 is 0 Å². The molecule has 7 nitrogen and oxygen atoms in total. The van der Waals surface area contributed by atoms with Crippen LogP contribution >= 0.6 is 0 Å². The van der Waals surface area contributed by atoms with Crippen LogP contribution in [0.2, 0.25) is 0 Å². The Labute approximate surface area is 228 Å². The number of carbonyl (C=O) groups is 1. The molecule has 0 radical (unpaired) electrons. The summed E-state index contributed by atoms with van der Waals surface area (Å²) >= 11 is 0. The fourth-order valence-corrected chi connectivity index (χ4v) is 5.40. The topological polar surface area (TPSA) is 80.8 Å². The molecule has 0 saturated carbocycles. The quantitative estimate of drug-likeness (QED) is 0.318. The SMILES string of the molecule is Cc1c2c(cc3c1C(=O)N(CCN(C)C)C3)N=C(c1c(NC(C)Cc3c(F)c(F)cc(F)c3F)cc[nH]c1=O)C2. The molecule has 5 rings (SSSR count). The maximum absolute atomic E-state index is 14.2. The fourth-order valence-electron chi connectivity index (χ4n) is 5.40. The van der Waals surface area contributed by atoms with E-state index < -0.39 is 40.4 Å². The molecule has 1 unspecified atom stereocenters. The molecule has 2 aliphatic rings. The zero-order valence-electron chi connectivity index (χ0n) is 22.6. The molecule has 0 fully saturated rings. The van der Waals surface area contributed by atoms with E-state index in [-0.39, 0.29) is 24.0 Å². The number of anilines is 1. The number of carbonyl (C=O) groups excluding carboxylic acids is 1. The summed E-state index contributed by atoms with van der Waals surface area (Å²) in [5.41, 5.74) is 3.89. The van der Waals surface area contributed by atoms with Crippen molar-refractivity contribution in [1.29, 1.82) is 0 Å². The summed E-state index contributed by atoms with van der Waals surface area (Å²) in [6.45, 7) is 5.33. The fraction of sp³-hybridized carbons (Fsp3) is 0.345. The van der Waals surface area contributed by atoms with Gasteiger partial charge in [0.25, 0.3) is 11.5 Å². The first kappa shape index (κ1) is 27.6. The second-order valence-electron chi connectivity index (χ2n) is 10.6. The molecule has 11 heteroatoms. The van der Waals surface area contributed by atoms with Crippen LogP contribution in [0, 0.1) is 30.2 Å². The van der Waals surface area contributed by atoms with Crippen molar-refractivity contribution < 1.29 is 22.4 Å². The summed E-state index contributed by atoms with van der Waals surface area (Å²) in [5, 5.41) is 3.05. The van der Waals surface area contributed by atoms with Crippen molar-refractivity contribution in [3.05, 3.63) is 91.4 Å². The Hall–Kier alpha value is -3.99. The summed E-state index contributed by atoms with van der Waals surface area (Å²) in [5.74, 6) is -5.87. The Morgan fingerprint density at radius 3 is 2.48 bits per heavy atom. The van der Waals surface area contributed by atoms with Gasteiger partial charge in [-0.3, -0.25) is 14.6 Å². The molecule has 2 N–H and O–H groups in total.